The average molecular weight is 319 g/mol. The van der Waals surface area contributed by atoms with E-state index in [0.29, 0.717) is 18.1 Å². The van der Waals surface area contributed by atoms with Crippen molar-refractivity contribution in [3.63, 3.8) is 0 Å². The summed E-state index contributed by atoms with van der Waals surface area (Å²) in [5, 5.41) is 3.22. The van der Waals surface area contributed by atoms with Gasteiger partial charge in [0.25, 0.3) is 0 Å². The van der Waals surface area contributed by atoms with Gasteiger partial charge in [-0.2, -0.15) is 0 Å². The van der Waals surface area contributed by atoms with Gasteiger partial charge in [-0.15, -0.1) is 0 Å². The number of pyridine rings is 1. The van der Waals surface area contributed by atoms with E-state index in [4.69, 9.17) is 0 Å². The number of halogens is 1. The summed E-state index contributed by atoms with van der Waals surface area (Å²) in [6.07, 6.45) is 2.49. The minimum atomic E-state index is -2.78. The molecule has 1 fully saturated rings. The van der Waals surface area contributed by atoms with E-state index in [0.717, 1.165) is 22.3 Å². The quantitative estimate of drug-likeness (QED) is 0.926. The van der Waals surface area contributed by atoms with Crippen LogP contribution >= 0.6 is 15.9 Å². The standard InChI is InChI=1S/C11H15BrN2O2S/c1-8-4-10(12)6-14-11(8)13-5-9-2-3-17(15,16)7-9/h4,6,9H,2-3,5,7H2,1H3,(H,13,14). The fourth-order valence-corrected chi connectivity index (χ4v) is 4.31. The zero-order chi connectivity index (χ0) is 12.5. The van der Waals surface area contributed by atoms with Crippen LogP contribution in [0.3, 0.4) is 0 Å². The van der Waals surface area contributed by atoms with E-state index in [2.05, 4.69) is 26.2 Å². The Labute approximate surface area is 110 Å². The maximum Gasteiger partial charge on any atom is 0.150 e. The lowest BCUT2D eigenvalue weighted by Crippen LogP contribution is -2.16. The van der Waals surface area contributed by atoms with Gasteiger partial charge in [-0.1, -0.05) is 0 Å². The lowest BCUT2D eigenvalue weighted by Gasteiger charge is -2.12. The minimum absolute atomic E-state index is 0.213. The van der Waals surface area contributed by atoms with Crippen molar-refractivity contribution in [3.8, 4) is 0 Å². The number of nitrogens with one attached hydrogen (secondary N) is 1. The van der Waals surface area contributed by atoms with Crippen molar-refractivity contribution < 1.29 is 8.42 Å². The summed E-state index contributed by atoms with van der Waals surface area (Å²) < 4.78 is 23.6. The van der Waals surface area contributed by atoms with E-state index >= 15 is 0 Å². The molecule has 4 nitrogen and oxygen atoms in total. The van der Waals surface area contributed by atoms with Gasteiger partial charge in [0.05, 0.1) is 11.5 Å². The molecule has 1 unspecified atom stereocenters. The van der Waals surface area contributed by atoms with Crippen LogP contribution < -0.4 is 5.32 Å². The molecule has 0 bridgehead atoms. The van der Waals surface area contributed by atoms with Crippen LogP contribution in [0.15, 0.2) is 16.7 Å². The van der Waals surface area contributed by atoms with Crippen LogP contribution in [0, 0.1) is 12.8 Å². The van der Waals surface area contributed by atoms with Crippen molar-refractivity contribution in [1.29, 1.82) is 0 Å². The van der Waals surface area contributed by atoms with Crippen LogP contribution in [-0.2, 0) is 9.84 Å². The topological polar surface area (TPSA) is 59.1 Å². The molecule has 1 saturated heterocycles. The van der Waals surface area contributed by atoms with E-state index in [1.54, 1.807) is 6.20 Å². The van der Waals surface area contributed by atoms with E-state index in [9.17, 15) is 8.42 Å². The SMILES string of the molecule is Cc1cc(Br)cnc1NCC1CCS(=O)(=O)C1. The largest absolute Gasteiger partial charge is 0.370 e. The van der Waals surface area contributed by atoms with Gasteiger partial charge >= 0.3 is 0 Å². The Kier molecular flexibility index (Phi) is 3.73. The highest BCUT2D eigenvalue weighted by Crippen LogP contribution is 2.21. The molecule has 6 heteroatoms. The molecule has 1 atom stereocenters. The Bertz CT molecular complexity index is 516. The van der Waals surface area contributed by atoms with Crippen LogP contribution in [0.2, 0.25) is 0 Å². The maximum atomic E-state index is 11.3. The van der Waals surface area contributed by atoms with Crippen LogP contribution in [0.1, 0.15) is 12.0 Å². The van der Waals surface area contributed by atoms with Crippen molar-refractivity contribution in [2.45, 2.75) is 13.3 Å². The van der Waals surface area contributed by atoms with Gasteiger partial charge in [0.15, 0.2) is 9.84 Å². The molecule has 0 aliphatic carbocycles. The molecule has 2 rings (SSSR count). The normalized spacial score (nSPS) is 22.6. The highest BCUT2D eigenvalue weighted by atomic mass is 79.9. The molecule has 1 aliphatic heterocycles. The van der Waals surface area contributed by atoms with E-state index in [1.807, 2.05) is 13.0 Å². The first-order valence-electron chi connectivity index (χ1n) is 5.53. The van der Waals surface area contributed by atoms with Crippen molar-refractivity contribution in [2.75, 3.05) is 23.4 Å². The fraction of sp³-hybridized carbons (Fsp3) is 0.545. The third kappa shape index (κ3) is 3.42. The average Bonchev–Trinajstić information content (AvgIpc) is 2.57. The molecule has 1 N–H and O–H groups in total. The number of rotatable bonds is 3. The molecular weight excluding hydrogens is 304 g/mol. The first-order valence-corrected chi connectivity index (χ1v) is 8.14. The van der Waals surface area contributed by atoms with E-state index < -0.39 is 9.84 Å². The molecule has 0 spiro atoms. The van der Waals surface area contributed by atoms with Gasteiger partial charge in [-0.25, -0.2) is 13.4 Å². The Morgan fingerprint density at radius 3 is 2.94 bits per heavy atom. The van der Waals surface area contributed by atoms with Gasteiger partial charge in [0.2, 0.25) is 0 Å². The molecule has 1 aromatic heterocycles. The van der Waals surface area contributed by atoms with Gasteiger partial charge in [0, 0.05) is 17.2 Å². The molecule has 0 aromatic carbocycles. The van der Waals surface area contributed by atoms with Gasteiger partial charge in [-0.3, -0.25) is 0 Å². The third-order valence-electron chi connectivity index (χ3n) is 2.93. The first kappa shape index (κ1) is 12.8. The molecule has 0 amide bonds. The lowest BCUT2D eigenvalue weighted by atomic mass is 10.1. The maximum absolute atomic E-state index is 11.3. The van der Waals surface area contributed by atoms with Crippen molar-refractivity contribution in [2.24, 2.45) is 5.92 Å². The number of aryl methyl sites for hydroxylation is 1. The smallest absolute Gasteiger partial charge is 0.150 e. The molecule has 0 saturated carbocycles. The highest BCUT2D eigenvalue weighted by Gasteiger charge is 2.27. The number of sulfone groups is 1. The summed E-state index contributed by atoms with van der Waals surface area (Å²) in [4.78, 5) is 4.27. The molecular formula is C11H15BrN2O2S. The number of hydrogen-bond donors (Lipinski definition) is 1. The molecule has 1 aliphatic rings. The van der Waals surface area contributed by atoms with Gasteiger partial charge in [0.1, 0.15) is 5.82 Å². The fourth-order valence-electron chi connectivity index (χ4n) is 2.00. The second kappa shape index (κ2) is 4.94. The monoisotopic (exact) mass is 318 g/mol. The minimum Gasteiger partial charge on any atom is -0.370 e. The van der Waals surface area contributed by atoms with Gasteiger partial charge in [-0.05, 0) is 46.8 Å². The first-order chi connectivity index (χ1) is 7.96. The Balaban J connectivity index is 1.95. The second-order valence-corrected chi connectivity index (χ2v) is 7.61. The second-order valence-electron chi connectivity index (χ2n) is 4.47. The summed E-state index contributed by atoms with van der Waals surface area (Å²) >= 11 is 3.36. The zero-order valence-corrected chi connectivity index (χ0v) is 12.0. The summed E-state index contributed by atoms with van der Waals surface area (Å²) in [5.41, 5.74) is 1.06. The predicted molar refractivity (Wildman–Crippen MR) is 71.9 cm³/mol. The molecule has 0 radical (unpaired) electrons. The van der Waals surface area contributed by atoms with E-state index in [1.165, 1.54) is 0 Å². The number of anilines is 1. The number of hydrogen-bond acceptors (Lipinski definition) is 4. The zero-order valence-electron chi connectivity index (χ0n) is 9.61. The Morgan fingerprint density at radius 1 is 1.59 bits per heavy atom. The van der Waals surface area contributed by atoms with Crippen molar-refractivity contribution in [1.82, 2.24) is 4.98 Å². The van der Waals surface area contributed by atoms with Crippen LogP contribution in [-0.4, -0.2) is 31.5 Å². The number of aromatic nitrogens is 1. The molecule has 1 aromatic rings. The van der Waals surface area contributed by atoms with Crippen LogP contribution in [0.25, 0.3) is 0 Å². The van der Waals surface area contributed by atoms with E-state index in [-0.39, 0.29) is 5.92 Å². The summed E-state index contributed by atoms with van der Waals surface area (Å²) in [6, 6.07) is 1.99. The predicted octanol–water partition coefficient (Wildman–Crippen LogP) is 2.00. The Hall–Kier alpha value is -0.620. The number of nitrogens with zero attached hydrogens (tertiary/aromatic N) is 1. The summed E-state index contributed by atoms with van der Waals surface area (Å²) in [5.74, 6) is 1.67. The molecule has 2 heterocycles. The van der Waals surface area contributed by atoms with Crippen LogP contribution in [0.5, 0.6) is 0 Å². The summed E-state index contributed by atoms with van der Waals surface area (Å²) in [7, 11) is -2.78. The van der Waals surface area contributed by atoms with Crippen molar-refractivity contribution in [3.05, 3.63) is 22.3 Å². The lowest BCUT2D eigenvalue weighted by molar-refractivity contribution is 0.595. The highest BCUT2D eigenvalue weighted by molar-refractivity contribution is 9.10. The van der Waals surface area contributed by atoms with Crippen LogP contribution in [0.4, 0.5) is 5.82 Å². The van der Waals surface area contributed by atoms with Gasteiger partial charge < -0.3 is 5.32 Å². The molecule has 94 valence electrons. The summed E-state index contributed by atoms with van der Waals surface area (Å²) in [6.45, 7) is 2.65. The third-order valence-corrected chi connectivity index (χ3v) is 5.20. The van der Waals surface area contributed by atoms with Crippen molar-refractivity contribution >= 4 is 31.6 Å². The Morgan fingerprint density at radius 2 is 2.35 bits per heavy atom. The molecule has 17 heavy (non-hydrogen) atoms.